The lowest BCUT2D eigenvalue weighted by Gasteiger charge is -2.06. The highest BCUT2D eigenvalue weighted by Crippen LogP contribution is 2.24. The fourth-order valence-corrected chi connectivity index (χ4v) is 3.67. The summed E-state index contributed by atoms with van der Waals surface area (Å²) < 4.78 is 12.1. The molecule has 0 spiro atoms. The number of aromatic nitrogens is 3. The van der Waals surface area contributed by atoms with E-state index in [0.717, 1.165) is 15.9 Å². The summed E-state index contributed by atoms with van der Waals surface area (Å²) in [6.07, 6.45) is 1.68. The number of rotatable bonds is 4. The number of nitrogens with zero attached hydrogens (tertiary/aromatic N) is 3. The average molecular weight is 393 g/mol. The third-order valence-corrected chi connectivity index (χ3v) is 5.12. The highest BCUT2D eigenvalue weighted by atomic mass is 32.1. The van der Waals surface area contributed by atoms with E-state index in [4.69, 9.17) is 9.47 Å². The second-order valence-electron chi connectivity index (χ2n) is 5.85. The van der Waals surface area contributed by atoms with Crippen molar-refractivity contribution in [3.8, 4) is 22.8 Å². The van der Waals surface area contributed by atoms with Crippen molar-refractivity contribution >= 4 is 22.4 Å². The van der Waals surface area contributed by atoms with Gasteiger partial charge in [-0.1, -0.05) is 41.7 Å². The Hall–Kier alpha value is -3.52. The number of hydrogen-bond acceptors (Lipinski definition) is 7. The molecule has 4 rings (SSSR count). The highest BCUT2D eigenvalue weighted by Gasteiger charge is 2.13. The molecule has 28 heavy (non-hydrogen) atoms. The molecule has 0 aliphatic rings. The molecule has 0 saturated heterocycles. The Morgan fingerprint density at radius 2 is 1.82 bits per heavy atom. The van der Waals surface area contributed by atoms with E-state index < -0.39 is 5.56 Å². The SMILES string of the molecule is COc1ccc(OC)c(/C=c2\sc3nc(=O)c(-c4ccccc4)nn3c2=O)c1. The Kier molecular flexibility index (Phi) is 4.62. The smallest absolute Gasteiger partial charge is 0.300 e. The van der Waals surface area contributed by atoms with E-state index in [0.29, 0.717) is 27.2 Å². The van der Waals surface area contributed by atoms with E-state index in [1.54, 1.807) is 62.8 Å². The summed E-state index contributed by atoms with van der Waals surface area (Å²) in [7, 11) is 3.12. The number of ether oxygens (including phenoxy) is 2. The molecule has 2 aromatic carbocycles. The molecular weight excluding hydrogens is 378 g/mol. The van der Waals surface area contributed by atoms with Crippen LogP contribution in [0.3, 0.4) is 0 Å². The topological polar surface area (TPSA) is 82.8 Å². The molecule has 0 aliphatic carbocycles. The molecule has 0 N–H and O–H groups in total. The summed E-state index contributed by atoms with van der Waals surface area (Å²) >= 11 is 1.09. The largest absolute Gasteiger partial charge is 0.497 e. The summed E-state index contributed by atoms with van der Waals surface area (Å²) in [4.78, 5) is 29.5. The van der Waals surface area contributed by atoms with Crippen LogP contribution in [0.15, 0.2) is 58.1 Å². The van der Waals surface area contributed by atoms with Crippen LogP contribution < -0.4 is 25.1 Å². The summed E-state index contributed by atoms with van der Waals surface area (Å²) in [5, 5.41) is 4.25. The zero-order chi connectivity index (χ0) is 19.7. The van der Waals surface area contributed by atoms with E-state index in [1.807, 2.05) is 6.07 Å². The second kappa shape index (κ2) is 7.24. The van der Waals surface area contributed by atoms with Crippen molar-refractivity contribution < 1.29 is 9.47 Å². The van der Waals surface area contributed by atoms with E-state index >= 15 is 0 Å². The maximum absolute atomic E-state index is 12.8. The third kappa shape index (κ3) is 3.14. The van der Waals surface area contributed by atoms with Gasteiger partial charge < -0.3 is 9.47 Å². The molecule has 0 amide bonds. The van der Waals surface area contributed by atoms with Crippen molar-refractivity contribution in [1.82, 2.24) is 14.6 Å². The summed E-state index contributed by atoms with van der Waals surface area (Å²) in [5.74, 6) is 1.23. The van der Waals surface area contributed by atoms with Gasteiger partial charge in [-0.05, 0) is 24.3 Å². The lowest BCUT2D eigenvalue weighted by Crippen LogP contribution is -2.26. The van der Waals surface area contributed by atoms with Gasteiger partial charge in [-0.25, -0.2) is 0 Å². The van der Waals surface area contributed by atoms with Crippen molar-refractivity contribution in [2.24, 2.45) is 0 Å². The predicted molar refractivity (Wildman–Crippen MR) is 107 cm³/mol. The lowest BCUT2D eigenvalue weighted by molar-refractivity contribution is 0.402. The lowest BCUT2D eigenvalue weighted by atomic mass is 10.2. The minimum atomic E-state index is -0.474. The molecule has 0 aliphatic heterocycles. The van der Waals surface area contributed by atoms with Crippen molar-refractivity contribution in [2.75, 3.05) is 14.2 Å². The zero-order valence-corrected chi connectivity index (χ0v) is 15.9. The monoisotopic (exact) mass is 393 g/mol. The molecule has 2 aromatic heterocycles. The van der Waals surface area contributed by atoms with Crippen LogP contribution in [0.25, 0.3) is 22.3 Å². The van der Waals surface area contributed by atoms with Crippen molar-refractivity contribution in [2.45, 2.75) is 0 Å². The van der Waals surface area contributed by atoms with Crippen LogP contribution in [0.4, 0.5) is 0 Å². The first-order valence-electron chi connectivity index (χ1n) is 8.34. The molecule has 140 valence electrons. The van der Waals surface area contributed by atoms with Gasteiger partial charge >= 0.3 is 5.56 Å². The van der Waals surface area contributed by atoms with Gasteiger partial charge in [0.25, 0.3) is 5.56 Å². The number of thiazole rings is 1. The van der Waals surface area contributed by atoms with E-state index in [2.05, 4.69) is 10.1 Å². The molecule has 0 saturated carbocycles. The zero-order valence-electron chi connectivity index (χ0n) is 15.1. The Labute approximate surface area is 163 Å². The minimum Gasteiger partial charge on any atom is -0.497 e. The van der Waals surface area contributed by atoms with Crippen LogP contribution in [0, 0.1) is 0 Å². The molecular formula is C20H15N3O4S. The second-order valence-corrected chi connectivity index (χ2v) is 6.86. The van der Waals surface area contributed by atoms with Gasteiger partial charge in [0.05, 0.1) is 18.8 Å². The van der Waals surface area contributed by atoms with E-state index in [-0.39, 0.29) is 16.2 Å². The van der Waals surface area contributed by atoms with Crippen LogP contribution in [0.1, 0.15) is 5.56 Å². The van der Waals surface area contributed by atoms with Crippen LogP contribution in [0.5, 0.6) is 11.5 Å². The number of hydrogen-bond donors (Lipinski definition) is 0. The standard InChI is InChI=1S/C20H15N3O4S/c1-26-14-8-9-15(27-2)13(10-14)11-16-19(25)23-20(28-16)21-18(24)17(22-23)12-6-4-3-5-7-12/h3-11H,1-2H3/b16-11-. The summed E-state index contributed by atoms with van der Waals surface area (Å²) in [6.45, 7) is 0. The Morgan fingerprint density at radius 1 is 1.04 bits per heavy atom. The van der Waals surface area contributed by atoms with E-state index in [1.165, 1.54) is 0 Å². The van der Waals surface area contributed by atoms with Crippen molar-refractivity contribution in [3.05, 3.63) is 79.3 Å². The molecule has 0 fully saturated rings. The van der Waals surface area contributed by atoms with Gasteiger partial charge in [-0.3, -0.25) is 9.59 Å². The maximum atomic E-state index is 12.8. The van der Waals surface area contributed by atoms with Crippen LogP contribution in [-0.4, -0.2) is 28.8 Å². The summed E-state index contributed by atoms with van der Waals surface area (Å²) in [6, 6.07) is 14.2. The van der Waals surface area contributed by atoms with Crippen LogP contribution in [0.2, 0.25) is 0 Å². The molecule has 0 bridgehead atoms. The van der Waals surface area contributed by atoms with Gasteiger partial charge in [0.2, 0.25) is 4.96 Å². The molecule has 8 heteroatoms. The molecule has 7 nitrogen and oxygen atoms in total. The Bertz CT molecular complexity index is 1330. The Balaban J connectivity index is 1.93. The van der Waals surface area contributed by atoms with E-state index in [9.17, 15) is 9.59 Å². The first-order chi connectivity index (χ1) is 13.6. The quantitative estimate of drug-likeness (QED) is 0.525. The van der Waals surface area contributed by atoms with Gasteiger partial charge in [0, 0.05) is 11.1 Å². The first-order valence-corrected chi connectivity index (χ1v) is 9.15. The predicted octanol–water partition coefficient (Wildman–Crippen LogP) is 1.74. The Morgan fingerprint density at radius 3 is 2.54 bits per heavy atom. The van der Waals surface area contributed by atoms with Crippen molar-refractivity contribution in [3.63, 3.8) is 0 Å². The van der Waals surface area contributed by atoms with Crippen LogP contribution >= 0.6 is 11.3 Å². The fraction of sp³-hybridized carbons (Fsp3) is 0.100. The van der Waals surface area contributed by atoms with Gasteiger partial charge in [-0.15, -0.1) is 0 Å². The molecule has 4 aromatic rings. The van der Waals surface area contributed by atoms with Crippen LogP contribution in [-0.2, 0) is 0 Å². The maximum Gasteiger partial charge on any atom is 0.300 e. The van der Waals surface area contributed by atoms with Gasteiger partial charge in [0.15, 0.2) is 5.69 Å². The highest BCUT2D eigenvalue weighted by molar-refractivity contribution is 7.15. The fourth-order valence-electron chi connectivity index (χ4n) is 2.78. The summed E-state index contributed by atoms with van der Waals surface area (Å²) in [5.41, 5.74) is 0.600. The molecule has 0 radical (unpaired) electrons. The minimum absolute atomic E-state index is 0.138. The normalized spacial score (nSPS) is 11.7. The van der Waals surface area contributed by atoms with Gasteiger partial charge in [0.1, 0.15) is 11.5 Å². The third-order valence-electron chi connectivity index (χ3n) is 4.16. The number of fused-ring (bicyclic) bond motifs is 1. The molecule has 0 unspecified atom stereocenters. The average Bonchev–Trinajstić information content (AvgIpc) is 3.02. The van der Waals surface area contributed by atoms with Gasteiger partial charge in [-0.2, -0.15) is 14.6 Å². The molecule has 0 atom stereocenters. The van der Waals surface area contributed by atoms with Crippen molar-refractivity contribution in [1.29, 1.82) is 0 Å². The number of benzene rings is 2. The number of methoxy groups -OCH3 is 2. The first kappa shape index (κ1) is 17.9. The molecule has 2 heterocycles.